The molecule has 0 radical (unpaired) electrons. The summed E-state index contributed by atoms with van der Waals surface area (Å²) < 4.78 is 43.7. The number of nitrogens with one attached hydrogen (secondary N) is 1. The molecule has 0 aliphatic heterocycles. The fraction of sp³-hybridized carbons (Fsp3) is 0.333. The molecule has 0 aromatic heterocycles. The van der Waals surface area contributed by atoms with Gasteiger partial charge in [0.15, 0.2) is 5.78 Å². The standard InChI is InChI=1S/C21H25FN2O5S/c1-16(25)17-5-3-6-19(15-17)24(30(2,27)28)13-4-7-21(26)23-12-14-29-20-10-8-18(22)9-11-20/h3,5-6,8-11,15H,4,7,12-14H2,1-2H3,(H,23,26). The third-order valence-electron chi connectivity index (χ3n) is 4.21. The van der Waals surface area contributed by atoms with Gasteiger partial charge in [-0.1, -0.05) is 12.1 Å². The van der Waals surface area contributed by atoms with Gasteiger partial charge in [0.25, 0.3) is 0 Å². The van der Waals surface area contributed by atoms with E-state index in [0.717, 1.165) is 6.26 Å². The Balaban J connectivity index is 1.80. The number of sulfonamides is 1. The zero-order valence-corrected chi connectivity index (χ0v) is 17.7. The third kappa shape index (κ3) is 7.47. The summed E-state index contributed by atoms with van der Waals surface area (Å²) in [6.45, 7) is 2.02. The fourth-order valence-electron chi connectivity index (χ4n) is 2.73. The number of ether oxygens (including phenoxy) is 1. The molecule has 0 bridgehead atoms. The number of nitrogens with zero attached hydrogens (tertiary/aromatic N) is 1. The highest BCUT2D eigenvalue weighted by Gasteiger charge is 2.18. The highest BCUT2D eigenvalue weighted by atomic mass is 32.2. The van der Waals surface area contributed by atoms with Crippen LogP contribution < -0.4 is 14.4 Å². The first-order valence-electron chi connectivity index (χ1n) is 9.40. The van der Waals surface area contributed by atoms with E-state index in [1.807, 2.05) is 0 Å². The van der Waals surface area contributed by atoms with Gasteiger partial charge in [0.05, 0.1) is 18.5 Å². The van der Waals surface area contributed by atoms with Crippen molar-refractivity contribution < 1.29 is 27.1 Å². The average Bonchev–Trinajstić information content (AvgIpc) is 2.69. The Morgan fingerprint density at radius 1 is 1.13 bits per heavy atom. The second-order valence-electron chi connectivity index (χ2n) is 6.70. The van der Waals surface area contributed by atoms with Crippen LogP contribution in [0.2, 0.25) is 0 Å². The van der Waals surface area contributed by atoms with Crippen LogP contribution in [0.15, 0.2) is 48.5 Å². The van der Waals surface area contributed by atoms with Gasteiger partial charge in [-0.25, -0.2) is 12.8 Å². The Kier molecular flexibility index (Phi) is 8.35. The van der Waals surface area contributed by atoms with Gasteiger partial charge >= 0.3 is 0 Å². The molecular weight excluding hydrogens is 411 g/mol. The Bertz CT molecular complexity index is 977. The van der Waals surface area contributed by atoms with Gasteiger partial charge in [0, 0.05) is 18.5 Å². The molecule has 0 atom stereocenters. The summed E-state index contributed by atoms with van der Waals surface area (Å²) in [4.78, 5) is 23.5. The lowest BCUT2D eigenvalue weighted by Crippen LogP contribution is -2.33. The van der Waals surface area contributed by atoms with Gasteiger partial charge in [-0.15, -0.1) is 0 Å². The molecule has 0 unspecified atom stereocenters. The van der Waals surface area contributed by atoms with E-state index in [1.165, 1.54) is 41.6 Å². The molecule has 0 saturated carbocycles. The van der Waals surface area contributed by atoms with Crippen LogP contribution in [0.1, 0.15) is 30.1 Å². The van der Waals surface area contributed by atoms with Crippen molar-refractivity contribution in [1.29, 1.82) is 0 Å². The molecule has 30 heavy (non-hydrogen) atoms. The fourth-order valence-corrected chi connectivity index (χ4v) is 3.69. The summed E-state index contributed by atoms with van der Waals surface area (Å²) in [5.74, 6) is -0.245. The summed E-state index contributed by atoms with van der Waals surface area (Å²) in [7, 11) is -3.57. The lowest BCUT2D eigenvalue weighted by molar-refractivity contribution is -0.121. The van der Waals surface area contributed by atoms with Crippen LogP contribution in [0.25, 0.3) is 0 Å². The molecular formula is C21H25FN2O5S. The number of amides is 1. The second kappa shape index (κ2) is 10.7. The number of hydrogen-bond acceptors (Lipinski definition) is 5. The minimum absolute atomic E-state index is 0.111. The molecule has 1 amide bonds. The van der Waals surface area contributed by atoms with Crippen LogP contribution in [-0.2, 0) is 14.8 Å². The second-order valence-corrected chi connectivity index (χ2v) is 8.60. The topological polar surface area (TPSA) is 92.8 Å². The molecule has 2 aromatic carbocycles. The lowest BCUT2D eigenvalue weighted by Gasteiger charge is -2.22. The van der Waals surface area contributed by atoms with Gasteiger partial charge in [-0.2, -0.15) is 0 Å². The molecule has 162 valence electrons. The van der Waals surface area contributed by atoms with Crippen molar-refractivity contribution in [2.45, 2.75) is 19.8 Å². The molecule has 2 rings (SSSR count). The number of halogens is 1. The van der Waals surface area contributed by atoms with Crippen molar-refractivity contribution in [3.05, 3.63) is 59.9 Å². The van der Waals surface area contributed by atoms with Gasteiger partial charge in [0.2, 0.25) is 15.9 Å². The number of rotatable bonds is 11. The van der Waals surface area contributed by atoms with Crippen molar-refractivity contribution in [3.8, 4) is 5.75 Å². The maximum atomic E-state index is 12.8. The predicted octanol–water partition coefficient (Wildman–Crippen LogP) is 2.77. The minimum Gasteiger partial charge on any atom is -0.492 e. The van der Waals surface area contributed by atoms with E-state index in [-0.39, 0.29) is 43.6 Å². The summed E-state index contributed by atoms with van der Waals surface area (Å²) in [5.41, 5.74) is 0.804. The van der Waals surface area contributed by atoms with Crippen LogP contribution in [0.4, 0.5) is 10.1 Å². The van der Waals surface area contributed by atoms with Crippen molar-refractivity contribution in [1.82, 2.24) is 5.32 Å². The predicted molar refractivity (Wildman–Crippen MR) is 113 cm³/mol. The van der Waals surface area contributed by atoms with Crippen LogP contribution in [0.5, 0.6) is 5.75 Å². The molecule has 0 aliphatic carbocycles. The lowest BCUT2D eigenvalue weighted by atomic mass is 10.1. The third-order valence-corrected chi connectivity index (χ3v) is 5.41. The number of benzene rings is 2. The number of carbonyl (C=O) groups is 2. The van der Waals surface area contributed by atoms with Gasteiger partial charge < -0.3 is 10.1 Å². The van der Waals surface area contributed by atoms with Crippen LogP contribution in [-0.4, -0.2) is 46.1 Å². The summed E-state index contributed by atoms with van der Waals surface area (Å²) in [6.07, 6.45) is 1.53. The van der Waals surface area contributed by atoms with E-state index in [0.29, 0.717) is 23.4 Å². The highest BCUT2D eigenvalue weighted by molar-refractivity contribution is 7.92. The van der Waals surface area contributed by atoms with Crippen molar-refractivity contribution in [3.63, 3.8) is 0 Å². The van der Waals surface area contributed by atoms with E-state index in [1.54, 1.807) is 18.2 Å². The molecule has 9 heteroatoms. The maximum Gasteiger partial charge on any atom is 0.232 e. The number of anilines is 1. The summed E-state index contributed by atoms with van der Waals surface area (Å²) in [5, 5.41) is 2.69. The molecule has 7 nitrogen and oxygen atoms in total. The number of Topliss-reactive ketones (excluding diaryl/α,β-unsaturated/α-hetero) is 1. The quantitative estimate of drug-likeness (QED) is 0.432. The largest absolute Gasteiger partial charge is 0.492 e. The van der Waals surface area contributed by atoms with Crippen molar-refractivity contribution in [2.24, 2.45) is 0 Å². The minimum atomic E-state index is -3.57. The van der Waals surface area contributed by atoms with Gasteiger partial charge in [0.1, 0.15) is 18.2 Å². The van der Waals surface area contributed by atoms with E-state index >= 15 is 0 Å². The monoisotopic (exact) mass is 436 g/mol. The zero-order chi connectivity index (χ0) is 22.1. The first-order valence-corrected chi connectivity index (χ1v) is 11.3. The Morgan fingerprint density at radius 2 is 1.83 bits per heavy atom. The van der Waals surface area contributed by atoms with Crippen LogP contribution in [0, 0.1) is 5.82 Å². The SMILES string of the molecule is CC(=O)c1cccc(N(CCCC(=O)NCCOc2ccc(F)cc2)S(C)(=O)=O)c1. The average molecular weight is 437 g/mol. The first-order chi connectivity index (χ1) is 14.2. The first kappa shape index (κ1) is 23.3. The summed E-state index contributed by atoms with van der Waals surface area (Å²) in [6, 6.07) is 11.9. The zero-order valence-electron chi connectivity index (χ0n) is 16.9. The molecule has 0 heterocycles. The maximum absolute atomic E-state index is 12.8. The van der Waals surface area contributed by atoms with E-state index in [9.17, 15) is 22.4 Å². The van der Waals surface area contributed by atoms with Crippen LogP contribution in [0.3, 0.4) is 0 Å². The highest BCUT2D eigenvalue weighted by Crippen LogP contribution is 2.20. The van der Waals surface area contributed by atoms with Gasteiger partial charge in [-0.3, -0.25) is 13.9 Å². The number of ketones is 1. The van der Waals surface area contributed by atoms with E-state index in [4.69, 9.17) is 4.74 Å². The Morgan fingerprint density at radius 3 is 2.47 bits per heavy atom. The number of carbonyl (C=O) groups excluding carboxylic acids is 2. The molecule has 0 spiro atoms. The smallest absolute Gasteiger partial charge is 0.232 e. The molecule has 0 fully saturated rings. The molecule has 0 saturated heterocycles. The van der Waals surface area contributed by atoms with Gasteiger partial charge in [-0.05, 0) is 49.7 Å². The summed E-state index contributed by atoms with van der Waals surface area (Å²) >= 11 is 0. The Labute approximate surface area is 175 Å². The molecule has 0 aliphatic rings. The van der Waals surface area contributed by atoms with E-state index < -0.39 is 10.0 Å². The van der Waals surface area contributed by atoms with Crippen molar-refractivity contribution in [2.75, 3.05) is 30.3 Å². The van der Waals surface area contributed by atoms with E-state index in [2.05, 4.69) is 5.32 Å². The number of hydrogen-bond donors (Lipinski definition) is 1. The molecule has 2 aromatic rings. The normalized spacial score (nSPS) is 11.0. The Hall–Kier alpha value is -2.94. The van der Waals surface area contributed by atoms with Crippen molar-refractivity contribution >= 4 is 27.4 Å². The molecule has 1 N–H and O–H groups in total. The van der Waals surface area contributed by atoms with Crippen LogP contribution >= 0.6 is 0 Å².